The zero-order chi connectivity index (χ0) is 24.1. The van der Waals surface area contributed by atoms with E-state index in [-0.39, 0.29) is 18.1 Å². The minimum atomic E-state index is -0.478. The van der Waals surface area contributed by atoms with Crippen LogP contribution >= 0.6 is 11.3 Å². The number of anilines is 1. The number of carbonyl (C=O) groups is 1. The summed E-state index contributed by atoms with van der Waals surface area (Å²) < 4.78 is 11.7. The van der Waals surface area contributed by atoms with Gasteiger partial charge in [-0.1, -0.05) is 29.5 Å². The molecule has 0 aliphatic carbocycles. The molecule has 34 heavy (non-hydrogen) atoms. The van der Waals surface area contributed by atoms with Gasteiger partial charge in [-0.05, 0) is 35.9 Å². The van der Waals surface area contributed by atoms with Crippen LogP contribution in [0.15, 0.2) is 66.9 Å². The molecule has 2 aromatic carbocycles. The van der Waals surface area contributed by atoms with Gasteiger partial charge in [0.05, 0.1) is 31.4 Å². The highest BCUT2D eigenvalue weighted by Crippen LogP contribution is 2.40. The summed E-state index contributed by atoms with van der Waals surface area (Å²) in [6.07, 6.45) is 4.55. The number of methoxy groups -OCH3 is 2. The molecule has 0 fully saturated rings. The molecule has 0 bridgehead atoms. The smallest absolute Gasteiger partial charge is 0.270 e. The second-order valence-corrected chi connectivity index (χ2v) is 8.05. The molecule has 10 heteroatoms. The highest BCUT2D eigenvalue weighted by atomic mass is 32.1. The standard InChI is InChI=1S/C24H20N4O5S/c1-32-19-10-11-20(33-2)23-22(19)26-24(34-23)27(15-17-7-3-4-13-25-17)21(29)12-9-16-6-5-8-18(14-16)28(30)31/h3-14H,15H2,1-2H3/b12-9+. The molecule has 0 N–H and O–H groups in total. The van der Waals surface area contributed by atoms with Crippen molar-refractivity contribution in [1.29, 1.82) is 0 Å². The normalized spacial score (nSPS) is 11.0. The molecule has 0 radical (unpaired) electrons. The van der Waals surface area contributed by atoms with Crippen LogP contribution in [0, 0.1) is 10.1 Å². The van der Waals surface area contributed by atoms with E-state index in [2.05, 4.69) is 9.97 Å². The number of benzene rings is 2. The first-order valence-electron chi connectivity index (χ1n) is 10.2. The van der Waals surface area contributed by atoms with Crippen LogP contribution in [-0.4, -0.2) is 35.0 Å². The third-order valence-electron chi connectivity index (χ3n) is 4.94. The second-order valence-electron chi connectivity index (χ2n) is 7.08. The number of thiazole rings is 1. The fourth-order valence-corrected chi connectivity index (χ4v) is 4.36. The Morgan fingerprint density at radius 1 is 1.12 bits per heavy atom. The first-order valence-corrected chi connectivity index (χ1v) is 11.0. The van der Waals surface area contributed by atoms with Crippen molar-refractivity contribution in [3.8, 4) is 11.5 Å². The summed E-state index contributed by atoms with van der Waals surface area (Å²) in [5, 5.41) is 11.5. The summed E-state index contributed by atoms with van der Waals surface area (Å²) in [6, 6.07) is 15.1. The maximum absolute atomic E-state index is 13.3. The van der Waals surface area contributed by atoms with Crippen molar-refractivity contribution in [3.05, 3.63) is 88.2 Å². The first kappa shape index (κ1) is 22.9. The summed E-state index contributed by atoms with van der Waals surface area (Å²) in [6.45, 7) is 0.184. The molecule has 9 nitrogen and oxygen atoms in total. The summed E-state index contributed by atoms with van der Waals surface area (Å²) in [7, 11) is 3.12. The van der Waals surface area contributed by atoms with Crippen LogP contribution in [0.3, 0.4) is 0 Å². The molecular formula is C24H20N4O5S. The molecule has 0 saturated heterocycles. The number of ether oxygens (including phenoxy) is 2. The minimum absolute atomic E-state index is 0.0506. The van der Waals surface area contributed by atoms with E-state index in [0.717, 1.165) is 4.70 Å². The number of hydrogen-bond donors (Lipinski definition) is 0. The number of nitro groups is 1. The molecule has 0 aliphatic rings. The van der Waals surface area contributed by atoms with Crippen molar-refractivity contribution in [3.63, 3.8) is 0 Å². The number of fused-ring (bicyclic) bond motifs is 1. The highest BCUT2D eigenvalue weighted by molar-refractivity contribution is 7.22. The number of aromatic nitrogens is 2. The van der Waals surface area contributed by atoms with E-state index >= 15 is 0 Å². The molecule has 4 aromatic rings. The van der Waals surface area contributed by atoms with Crippen LogP contribution in [0.4, 0.5) is 10.8 Å². The summed E-state index contributed by atoms with van der Waals surface area (Å²) >= 11 is 1.30. The van der Waals surface area contributed by atoms with Crippen LogP contribution in [0.2, 0.25) is 0 Å². The SMILES string of the molecule is COc1ccc(OC)c2sc(N(Cc3ccccn3)C(=O)/C=C/c3cccc([N+](=O)[O-])c3)nc12. The number of rotatable bonds is 8. The Bertz CT molecular complexity index is 1330. The largest absolute Gasteiger partial charge is 0.495 e. The maximum Gasteiger partial charge on any atom is 0.270 e. The Kier molecular flexibility index (Phi) is 6.79. The fraction of sp³-hybridized carbons (Fsp3) is 0.125. The van der Waals surface area contributed by atoms with Crippen LogP contribution in [-0.2, 0) is 11.3 Å². The van der Waals surface area contributed by atoms with Crippen molar-refractivity contribution in [2.45, 2.75) is 6.54 Å². The van der Waals surface area contributed by atoms with Gasteiger partial charge in [0.25, 0.3) is 11.6 Å². The van der Waals surface area contributed by atoms with Gasteiger partial charge in [0.1, 0.15) is 21.7 Å². The quantitative estimate of drug-likeness (QED) is 0.203. The maximum atomic E-state index is 13.3. The van der Waals surface area contributed by atoms with E-state index in [9.17, 15) is 14.9 Å². The van der Waals surface area contributed by atoms with E-state index in [0.29, 0.717) is 33.4 Å². The number of pyridine rings is 1. The fourth-order valence-electron chi connectivity index (χ4n) is 3.28. The average molecular weight is 477 g/mol. The molecule has 1 amide bonds. The van der Waals surface area contributed by atoms with Gasteiger partial charge in [-0.3, -0.25) is 24.8 Å². The summed E-state index contributed by atoms with van der Waals surface area (Å²) in [5.74, 6) is 0.835. The molecule has 2 heterocycles. The summed E-state index contributed by atoms with van der Waals surface area (Å²) in [4.78, 5) is 34.4. The molecule has 2 aromatic heterocycles. The monoisotopic (exact) mass is 476 g/mol. The van der Waals surface area contributed by atoms with Gasteiger partial charge in [-0.2, -0.15) is 0 Å². The number of amides is 1. The van der Waals surface area contributed by atoms with Crippen LogP contribution in [0.25, 0.3) is 16.3 Å². The third kappa shape index (κ3) is 4.86. The zero-order valence-electron chi connectivity index (χ0n) is 18.4. The third-order valence-corrected chi connectivity index (χ3v) is 6.03. The number of nitrogens with zero attached hydrogens (tertiary/aromatic N) is 4. The lowest BCUT2D eigenvalue weighted by atomic mass is 10.2. The second kappa shape index (κ2) is 10.1. The van der Waals surface area contributed by atoms with Gasteiger partial charge in [0.2, 0.25) is 0 Å². The lowest BCUT2D eigenvalue weighted by Crippen LogP contribution is -2.29. The van der Waals surface area contributed by atoms with Gasteiger partial charge in [0, 0.05) is 24.4 Å². The first-order chi connectivity index (χ1) is 16.5. The Hall–Kier alpha value is -4.31. The lowest BCUT2D eigenvalue weighted by Gasteiger charge is -2.17. The minimum Gasteiger partial charge on any atom is -0.495 e. The molecular weight excluding hydrogens is 456 g/mol. The van der Waals surface area contributed by atoms with Crippen molar-refractivity contribution < 1.29 is 19.2 Å². The van der Waals surface area contributed by atoms with Crippen molar-refractivity contribution in [2.24, 2.45) is 0 Å². The van der Waals surface area contributed by atoms with Gasteiger partial charge < -0.3 is 9.47 Å². The van der Waals surface area contributed by atoms with Gasteiger partial charge in [-0.25, -0.2) is 4.98 Å². The number of non-ortho nitro benzene ring substituents is 1. The van der Waals surface area contributed by atoms with E-state index in [1.165, 1.54) is 40.5 Å². The number of hydrogen-bond acceptors (Lipinski definition) is 8. The van der Waals surface area contributed by atoms with E-state index in [1.54, 1.807) is 50.7 Å². The Morgan fingerprint density at radius 2 is 1.91 bits per heavy atom. The van der Waals surface area contributed by atoms with Crippen LogP contribution < -0.4 is 14.4 Å². The zero-order valence-corrected chi connectivity index (χ0v) is 19.2. The predicted molar refractivity (Wildman–Crippen MR) is 130 cm³/mol. The van der Waals surface area contributed by atoms with Crippen molar-refractivity contribution in [2.75, 3.05) is 19.1 Å². The van der Waals surface area contributed by atoms with Crippen molar-refractivity contribution in [1.82, 2.24) is 9.97 Å². The van der Waals surface area contributed by atoms with Crippen LogP contribution in [0.5, 0.6) is 11.5 Å². The average Bonchev–Trinajstić information content (AvgIpc) is 3.31. The lowest BCUT2D eigenvalue weighted by molar-refractivity contribution is -0.384. The molecule has 4 rings (SSSR count). The van der Waals surface area contributed by atoms with E-state index in [1.807, 2.05) is 12.1 Å². The molecule has 0 unspecified atom stereocenters. The summed E-state index contributed by atoms with van der Waals surface area (Å²) in [5.41, 5.74) is 1.75. The van der Waals surface area contributed by atoms with Crippen molar-refractivity contribution >= 4 is 44.4 Å². The number of nitro benzene ring substituents is 1. The Labute approximate surface area is 199 Å². The Morgan fingerprint density at radius 3 is 2.62 bits per heavy atom. The number of carbonyl (C=O) groups excluding carboxylic acids is 1. The molecule has 0 spiro atoms. The molecule has 0 aliphatic heterocycles. The molecule has 0 atom stereocenters. The van der Waals surface area contributed by atoms with E-state index < -0.39 is 4.92 Å². The molecule has 0 saturated carbocycles. The van der Waals surface area contributed by atoms with E-state index in [4.69, 9.17) is 9.47 Å². The van der Waals surface area contributed by atoms with Gasteiger partial charge in [0.15, 0.2) is 5.13 Å². The topological polar surface area (TPSA) is 108 Å². The van der Waals surface area contributed by atoms with Crippen LogP contribution in [0.1, 0.15) is 11.3 Å². The molecule has 172 valence electrons. The van der Waals surface area contributed by atoms with Gasteiger partial charge in [-0.15, -0.1) is 0 Å². The predicted octanol–water partition coefficient (Wildman–Crippen LogP) is 4.86. The Balaban J connectivity index is 1.73. The van der Waals surface area contributed by atoms with Gasteiger partial charge >= 0.3 is 0 Å². The highest BCUT2D eigenvalue weighted by Gasteiger charge is 2.22.